The third-order valence-corrected chi connectivity index (χ3v) is 7.10. The number of rotatable bonds is 8. The molecular formula is C33H27N3O7. The summed E-state index contributed by atoms with van der Waals surface area (Å²) in [5.41, 5.74) is 2.48. The number of pyridine rings is 1. The fraction of sp³-hybridized carbons (Fsp3) is 0.152. The first-order valence-electron chi connectivity index (χ1n) is 13.6. The lowest BCUT2D eigenvalue weighted by atomic mass is 10.0. The van der Waals surface area contributed by atoms with Crippen LogP contribution in [-0.2, 0) is 14.3 Å². The van der Waals surface area contributed by atoms with Gasteiger partial charge in [0.1, 0.15) is 24.2 Å². The summed E-state index contributed by atoms with van der Waals surface area (Å²) in [6.07, 6.45) is 1.44. The minimum Gasteiger partial charge on any atom is -0.497 e. The molecule has 0 bridgehead atoms. The molecule has 1 aliphatic rings. The van der Waals surface area contributed by atoms with Crippen molar-refractivity contribution in [1.82, 2.24) is 15.6 Å². The van der Waals surface area contributed by atoms with Crippen molar-refractivity contribution < 1.29 is 33.0 Å². The molecule has 0 saturated heterocycles. The number of fused-ring (bicyclic) bond motifs is 2. The highest BCUT2D eigenvalue weighted by Gasteiger charge is 2.36. The molecule has 1 unspecified atom stereocenters. The molecule has 10 heteroatoms. The number of aromatic nitrogens is 1. The van der Waals surface area contributed by atoms with Crippen LogP contribution in [0.5, 0.6) is 5.75 Å². The van der Waals surface area contributed by atoms with Crippen molar-refractivity contribution in [1.29, 1.82) is 0 Å². The van der Waals surface area contributed by atoms with E-state index in [-0.39, 0.29) is 30.0 Å². The summed E-state index contributed by atoms with van der Waals surface area (Å²) in [5, 5.41) is 7.86. The molecule has 2 aromatic heterocycles. The van der Waals surface area contributed by atoms with Crippen LogP contribution >= 0.6 is 0 Å². The van der Waals surface area contributed by atoms with Gasteiger partial charge in [-0.05, 0) is 60.2 Å². The number of nitrogens with zero attached hydrogens (tertiary/aromatic N) is 1. The lowest BCUT2D eigenvalue weighted by Crippen LogP contribution is -2.47. The number of para-hydroxylation sites is 1. The minimum absolute atomic E-state index is 0.0808. The number of nitrogens with one attached hydrogen (secondary N) is 2. The highest BCUT2D eigenvalue weighted by atomic mass is 16.5. The maximum atomic E-state index is 13.6. The van der Waals surface area contributed by atoms with E-state index in [0.29, 0.717) is 22.4 Å². The van der Waals surface area contributed by atoms with Crippen LogP contribution in [-0.4, -0.2) is 43.3 Å². The summed E-state index contributed by atoms with van der Waals surface area (Å²) in [6, 6.07) is 22.4. The molecule has 3 heterocycles. The lowest BCUT2D eigenvalue weighted by molar-refractivity contribution is -0.139. The Labute approximate surface area is 246 Å². The number of carbonyl (C=O) groups excluding carboxylic acids is 3. The average molecular weight is 578 g/mol. The van der Waals surface area contributed by atoms with Crippen LogP contribution in [0.4, 0.5) is 4.79 Å². The van der Waals surface area contributed by atoms with Crippen molar-refractivity contribution >= 4 is 39.6 Å². The van der Waals surface area contributed by atoms with Gasteiger partial charge in [0.2, 0.25) is 0 Å². The maximum absolute atomic E-state index is 13.6. The van der Waals surface area contributed by atoms with Gasteiger partial charge in [-0.1, -0.05) is 36.4 Å². The van der Waals surface area contributed by atoms with Crippen molar-refractivity contribution in [3.05, 3.63) is 108 Å². The van der Waals surface area contributed by atoms with E-state index in [4.69, 9.17) is 23.6 Å². The molecule has 5 aromatic rings. The molecule has 6 rings (SSSR count). The van der Waals surface area contributed by atoms with E-state index in [0.717, 1.165) is 22.1 Å². The van der Waals surface area contributed by atoms with Crippen molar-refractivity contribution in [2.45, 2.75) is 13.0 Å². The minimum atomic E-state index is -0.919. The molecule has 216 valence electrons. The molecule has 0 radical (unpaired) electrons. The molecule has 1 aliphatic heterocycles. The maximum Gasteiger partial charge on any atom is 0.339 e. The normalized spacial score (nSPS) is 14.7. The highest BCUT2D eigenvalue weighted by molar-refractivity contribution is 6.05. The summed E-state index contributed by atoms with van der Waals surface area (Å²) < 4.78 is 21.8. The van der Waals surface area contributed by atoms with E-state index >= 15 is 0 Å². The average Bonchev–Trinajstić information content (AvgIpc) is 3.57. The van der Waals surface area contributed by atoms with Crippen LogP contribution in [0.1, 0.15) is 29.1 Å². The molecule has 2 N–H and O–H groups in total. The fourth-order valence-electron chi connectivity index (χ4n) is 5.07. The topological polar surface area (TPSA) is 129 Å². The molecule has 0 aliphatic carbocycles. The van der Waals surface area contributed by atoms with Crippen LogP contribution in [0.3, 0.4) is 0 Å². The summed E-state index contributed by atoms with van der Waals surface area (Å²) >= 11 is 0. The molecular weight excluding hydrogens is 550 g/mol. The third-order valence-electron chi connectivity index (χ3n) is 7.10. The van der Waals surface area contributed by atoms with Gasteiger partial charge >= 0.3 is 18.0 Å². The van der Waals surface area contributed by atoms with Crippen LogP contribution in [0, 0.1) is 0 Å². The number of hydrogen-bond donors (Lipinski definition) is 2. The van der Waals surface area contributed by atoms with E-state index in [1.54, 1.807) is 38.3 Å². The standard InChI is InChI=1S/C33H27N3O7/c1-3-41-32(38)29-27(35-33(39)36-30(29)28-9-6-14-42-28)18-43-31(37)24-17-26(34-25-8-5-4-7-23(24)25)21-11-10-20-16-22(40-2)13-12-19(20)15-21/h4-17,30H,3,18H2,1-2H3,(H2,35,36,39). The molecule has 43 heavy (non-hydrogen) atoms. The number of esters is 2. The van der Waals surface area contributed by atoms with Gasteiger partial charge < -0.3 is 29.3 Å². The number of benzene rings is 3. The van der Waals surface area contributed by atoms with Crippen LogP contribution < -0.4 is 15.4 Å². The largest absolute Gasteiger partial charge is 0.497 e. The molecule has 2 amide bonds. The molecule has 10 nitrogen and oxygen atoms in total. The van der Waals surface area contributed by atoms with Crippen molar-refractivity contribution in [3.63, 3.8) is 0 Å². The fourth-order valence-corrected chi connectivity index (χ4v) is 5.07. The van der Waals surface area contributed by atoms with Crippen LogP contribution in [0.15, 0.2) is 101 Å². The summed E-state index contributed by atoms with van der Waals surface area (Å²) in [7, 11) is 1.62. The predicted octanol–water partition coefficient (Wildman–Crippen LogP) is 5.68. The van der Waals surface area contributed by atoms with Crippen molar-refractivity contribution in [2.75, 3.05) is 20.3 Å². The number of hydrogen-bond acceptors (Lipinski definition) is 8. The number of ether oxygens (including phenoxy) is 3. The number of carbonyl (C=O) groups is 3. The first-order chi connectivity index (χ1) is 20.9. The van der Waals surface area contributed by atoms with Gasteiger partial charge in [0, 0.05) is 10.9 Å². The number of urea groups is 1. The Kier molecular flexibility index (Phi) is 7.48. The SMILES string of the molecule is CCOC(=O)C1=C(COC(=O)c2cc(-c3ccc4cc(OC)ccc4c3)nc3ccccc23)NC(=O)NC1c1ccco1. The second-order valence-electron chi connectivity index (χ2n) is 9.74. The summed E-state index contributed by atoms with van der Waals surface area (Å²) in [4.78, 5) is 43.9. The Hall–Kier alpha value is -5.64. The Balaban J connectivity index is 1.35. The van der Waals surface area contributed by atoms with E-state index < -0.39 is 24.0 Å². The zero-order chi connectivity index (χ0) is 29.9. The van der Waals surface area contributed by atoms with E-state index in [2.05, 4.69) is 10.6 Å². The summed E-state index contributed by atoms with van der Waals surface area (Å²) in [6.45, 7) is 1.40. The predicted molar refractivity (Wildman–Crippen MR) is 158 cm³/mol. The molecule has 0 saturated carbocycles. The quantitative estimate of drug-likeness (QED) is 0.225. The summed E-state index contributed by atoms with van der Waals surface area (Å²) in [5.74, 6) is -0.229. The van der Waals surface area contributed by atoms with Gasteiger partial charge in [0.05, 0.1) is 48.0 Å². The number of amides is 2. The number of methoxy groups -OCH3 is 1. The lowest BCUT2D eigenvalue weighted by Gasteiger charge is -2.27. The molecule has 3 aromatic carbocycles. The molecule has 1 atom stereocenters. The van der Waals surface area contributed by atoms with Crippen LogP contribution in [0.2, 0.25) is 0 Å². The zero-order valence-electron chi connectivity index (χ0n) is 23.4. The van der Waals surface area contributed by atoms with Crippen molar-refractivity contribution in [2.24, 2.45) is 0 Å². The Morgan fingerprint density at radius 2 is 1.74 bits per heavy atom. The number of furan rings is 1. The van der Waals surface area contributed by atoms with E-state index in [1.807, 2.05) is 54.6 Å². The van der Waals surface area contributed by atoms with Crippen LogP contribution in [0.25, 0.3) is 32.9 Å². The van der Waals surface area contributed by atoms with Gasteiger partial charge in [-0.2, -0.15) is 0 Å². The van der Waals surface area contributed by atoms with Gasteiger partial charge in [-0.3, -0.25) is 0 Å². The van der Waals surface area contributed by atoms with Gasteiger partial charge in [0.15, 0.2) is 0 Å². The highest BCUT2D eigenvalue weighted by Crippen LogP contribution is 2.31. The smallest absolute Gasteiger partial charge is 0.339 e. The zero-order valence-corrected chi connectivity index (χ0v) is 23.4. The Morgan fingerprint density at radius 3 is 2.53 bits per heavy atom. The Morgan fingerprint density at radius 1 is 0.930 bits per heavy atom. The second kappa shape index (κ2) is 11.7. The first-order valence-corrected chi connectivity index (χ1v) is 13.6. The monoisotopic (exact) mass is 577 g/mol. The van der Waals surface area contributed by atoms with Gasteiger partial charge in [-0.25, -0.2) is 19.4 Å². The van der Waals surface area contributed by atoms with Gasteiger partial charge in [-0.15, -0.1) is 0 Å². The molecule has 0 spiro atoms. The van der Waals surface area contributed by atoms with Crippen molar-refractivity contribution in [3.8, 4) is 17.0 Å². The van der Waals surface area contributed by atoms with Gasteiger partial charge in [0.25, 0.3) is 0 Å². The van der Waals surface area contributed by atoms with E-state index in [9.17, 15) is 14.4 Å². The first kappa shape index (κ1) is 27.5. The Bertz CT molecular complexity index is 1900. The van der Waals surface area contributed by atoms with E-state index in [1.165, 1.54) is 6.26 Å². The second-order valence-corrected chi connectivity index (χ2v) is 9.74. The molecule has 0 fully saturated rings. The third kappa shape index (κ3) is 5.50.